The number of alkyl halides is 2. The van der Waals surface area contributed by atoms with Gasteiger partial charge in [-0.05, 0) is 0 Å². The Labute approximate surface area is 218 Å². The van der Waals surface area contributed by atoms with E-state index < -0.39 is 34.7 Å². The van der Waals surface area contributed by atoms with Gasteiger partial charge in [0, 0.05) is 0 Å². The number of rotatable bonds is 8. The van der Waals surface area contributed by atoms with Gasteiger partial charge in [-0.2, -0.15) is 0 Å². The van der Waals surface area contributed by atoms with Crippen LogP contribution in [-0.4, -0.2) is 13.7 Å². The van der Waals surface area contributed by atoms with Crippen LogP contribution in [0.4, 0.5) is 8.78 Å². The van der Waals surface area contributed by atoms with E-state index in [-0.39, 0.29) is 0 Å². The van der Waals surface area contributed by atoms with Crippen molar-refractivity contribution in [3.8, 4) is 0 Å². The fraction of sp³-hybridized carbons (Fsp3) is 0.400. The molecule has 4 fully saturated rings. The molecule has 37 heavy (non-hydrogen) atoms. The molecule has 4 aliphatic carbocycles. The predicted octanol–water partition coefficient (Wildman–Crippen LogP) is 6.17. The summed E-state index contributed by atoms with van der Waals surface area (Å²) < 4.78 is 65.8. The summed E-state index contributed by atoms with van der Waals surface area (Å²) in [6.07, 6.45) is 4.82. The maximum absolute atomic E-state index is 16.1. The van der Waals surface area contributed by atoms with Gasteiger partial charge in [0.1, 0.15) is 0 Å². The quantitative estimate of drug-likeness (QED) is 0.320. The van der Waals surface area contributed by atoms with Gasteiger partial charge < -0.3 is 0 Å². The average Bonchev–Trinajstić information content (AvgIpc) is 2.87. The molecule has 3 aromatic carbocycles. The number of halogens is 2. The Kier molecular flexibility index (Phi) is 6.29. The zero-order chi connectivity index (χ0) is 25.7. The van der Waals surface area contributed by atoms with Crippen molar-refractivity contribution >= 4 is 33.5 Å². The summed E-state index contributed by atoms with van der Waals surface area (Å²) in [7, 11) is -9.12. The van der Waals surface area contributed by atoms with Crippen LogP contribution in [-0.2, 0) is 14.1 Å². The fourth-order valence-corrected chi connectivity index (χ4v) is 14.3. The maximum atomic E-state index is 16.1. The van der Waals surface area contributed by atoms with Crippen LogP contribution < -0.4 is 15.9 Å². The third kappa shape index (κ3) is 4.45. The molecule has 4 saturated carbocycles. The van der Waals surface area contributed by atoms with E-state index in [2.05, 4.69) is 0 Å². The topological polar surface area (TPSA) is 43.4 Å². The normalized spacial score (nSPS) is 27.8. The Hall–Kier alpha value is -2.14. The second-order valence-electron chi connectivity index (χ2n) is 11.5. The fourth-order valence-electron chi connectivity index (χ4n) is 7.92. The van der Waals surface area contributed by atoms with Gasteiger partial charge in [-0.3, -0.25) is 0 Å². The first-order valence-corrected chi connectivity index (χ1v) is 16.5. The van der Waals surface area contributed by atoms with Crippen LogP contribution in [0.3, 0.4) is 0 Å². The van der Waals surface area contributed by atoms with Gasteiger partial charge in [0.25, 0.3) is 0 Å². The molecule has 0 atom stereocenters. The van der Waals surface area contributed by atoms with Crippen LogP contribution in [0.15, 0.2) is 91.0 Å². The molecule has 4 bridgehead atoms. The summed E-state index contributed by atoms with van der Waals surface area (Å²) in [5.74, 6) is 1.37. The molecule has 196 valence electrons. The molecular weight excluding hydrogens is 509 g/mol. The first-order chi connectivity index (χ1) is 17.7. The van der Waals surface area contributed by atoms with Crippen molar-refractivity contribution in [3.05, 3.63) is 91.0 Å². The molecule has 4 aliphatic rings. The molecule has 3 nitrogen and oxygen atoms in total. The Morgan fingerprint density at radius 1 is 0.703 bits per heavy atom. The summed E-state index contributed by atoms with van der Waals surface area (Å²) >= 11 is 0. The summed E-state index contributed by atoms with van der Waals surface area (Å²) in [5, 5.41) is -2.14. The minimum absolute atomic E-state index is 0.456. The van der Waals surface area contributed by atoms with E-state index in [0.29, 0.717) is 52.9 Å². The number of benzene rings is 3. The van der Waals surface area contributed by atoms with Crippen LogP contribution in [0.5, 0.6) is 0 Å². The third-order valence-electron chi connectivity index (χ3n) is 8.89. The Bertz CT molecular complexity index is 1220. The van der Waals surface area contributed by atoms with Crippen molar-refractivity contribution in [2.75, 3.05) is 0 Å². The molecular formula is C30H33F2O3PS. The van der Waals surface area contributed by atoms with Crippen LogP contribution in [0.1, 0.15) is 44.9 Å². The molecule has 0 saturated heterocycles. The SMILES string of the molecule is O=S(=O)(O[PH](c1ccccc1)(c1ccccc1)c1ccccc1)C(F)(F)CC12CC3CC(CC(C3)C1)C2. The van der Waals surface area contributed by atoms with Gasteiger partial charge in [-0.25, -0.2) is 0 Å². The van der Waals surface area contributed by atoms with E-state index >= 15 is 8.78 Å². The monoisotopic (exact) mass is 542 g/mol. The predicted molar refractivity (Wildman–Crippen MR) is 147 cm³/mol. The van der Waals surface area contributed by atoms with Crippen molar-refractivity contribution in [2.24, 2.45) is 23.2 Å². The van der Waals surface area contributed by atoms with E-state index in [0.717, 1.165) is 19.3 Å². The van der Waals surface area contributed by atoms with Gasteiger partial charge in [0.2, 0.25) is 0 Å². The van der Waals surface area contributed by atoms with E-state index in [4.69, 9.17) is 3.97 Å². The molecule has 0 amide bonds. The zero-order valence-corrected chi connectivity index (χ0v) is 22.5. The molecule has 0 heterocycles. The van der Waals surface area contributed by atoms with Crippen LogP contribution in [0.2, 0.25) is 0 Å². The third-order valence-corrected chi connectivity index (χ3v) is 15.1. The molecule has 0 radical (unpaired) electrons. The molecule has 0 aliphatic heterocycles. The van der Waals surface area contributed by atoms with Gasteiger partial charge in [-0.15, -0.1) is 0 Å². The summed E-state index contributed by atoms with van der Waals surface area (Å²) in [4.78, 5) is 0. The molecule has 7 heteroatoms. The minimum atomic E-state index is -5.28. The standard InChI is InChI=1S/C30H33F2O3PS/c31-30(32,22-29-19-23-16-24(20-29)18-25(17-23)21-29)37(33,34)35-36(26-10-4-1-5-11-26,27-12-6-2-7-13-27)28-14-8-3-9-15-28/h1-15,23-25,36H,16-22H2. The first kappa shape index (κ1) is 25.2. The van der Waals surface area contributed by atoms with Gasteiger partial charge in [-0.1, -0.05) is 0 Å². The van der Waals surface area contributed by atoms with Crippen LogP contribution in [0.25, 0.3) is 0 Å². The summed E-state index contributed by atoms with van der Waals surface area (Å²) in [5.41, 5.74) is -0.606. The zero-order valence-electron chi connectivity index (χ0n) is 20.7. The van der Waals surface area contributed by atoms with E-state index in [9.17, 15) is 8.42 Å². The molecule has 0 unspecified atom stereocenters. The summed E-state index contributed by atoms with van der Waals surface area (Å²) in [6.45, 7) is 0. The van der Waals surface area contributed by atoms with E-state index in [1.807, 2.05) is 18.2 Å². The average molecular weight is 543 g/mol. The molecule has 7 rings (SSSR count). The first-order valence-electron chi connectivity index (χ1n) is 13.2. The molecule has 3 aromatic rings. The van der Waals surface area contributed by atoms with Crippen LogP contribution >= 0.6 is 7.49 Å². The van der Waals surface area contributed by atoms with E-state index in [1.54, 1.807) is 72.8 Å². The number of hydrogen-bond acceptors (Lipinski definition) is 3. The Morgan fingerprint density at radius 3 is 1.41 bits per heavy atom. The van der Waals surface area contributed by atoms with Crippen molar-refractivity contribution in [3.63, 3.8) is 0 Å². The van der Waals surface area contributed by atoms with Crippen LogP contribution in [0, 0.1) is 23.2 Å². The summed E-state index contributed by atoms with van der Waals surface area (Å²) in [6, 6.07) is 27.0. The second kappa shape index (κ2) is 9.25. The van der Waals surface area contributed by atoms with E-state index in [1.165, 1.54) is 0 Å². The van der Waals surface area contributed by atoms with Crippen molar-refractivity contribution in [1.29, 1.82) is 0 Å². The van der Waals surface area contributed by atoms with Gasteiger partial charge in [0.05, 0.1) is 0 Å². The molecule has 0 aromatic heterocycles. The van der Waals surface area contributed by atoms with Crippen molar-refractivity contribution < 1.29 is 21.2 Å². The van der Waals surface area contributed by atoms with Crippen molar-refractivity contribution in [2.45, 2.75) is 50.2 Å². The number of hydrogen-bond donors (Lipinski definition) is 0. The van der Waals surface area contributed by atoms with Gasteiger partial charge >= 0.3 is 219 Å². The molecule has 0 N–H and O–H groups in total. The second-order valence-corrected chi connectivity index (χ2v) is 16.8. The molecule has 0 spiro atoms. The Morgan fingerprint density at radius 2 is 1.05 bits per heavy atom. The van der Waals surface area contributed by atoms with Gasteiger partial charge in [0.15, 0.2) is 0 Å². The Balaban J connectivity index is 1.43. The van der Waals surface area contributed by atoms with Crippen molar-refractivity contribution in [1.82, 2.24) is 0 Å².